The fraction of sp³-hybridized carbons (Fsp3) is 0.318. The third-order valence-electron chi connectivity index (χ3n) is 5.38. The molecule has 1 aliphatic rings. The molecule has 0 radical (unpaired) electrons. The van der Waals surface area contributed by atoms with Gasteiger partial charge >= 0.3 is 5.97 Å². The summed E-state index contributed by atoms with van der Waals surface area (Å²) in [5.41, 5.74) is 1.02. The minimum Gasteiger partial charge on any atom is -0.423 e. The fourth-order valence-electron chi connectivity index (χ4n) is 3.78. The van der Waals surface area contributed by atoms with Crippen LogP contribution in [0.4, 0.5) is 5.69 Å². The lowest BCUT2D eigenvalue weighted by Crippen LogP contribution is -2.26. The molecule has 0 bridgehead atoms. The van der Waals surface area contributed by atoms with E-state index in [4.69, 9.17) is 4.74 Å². The molecule has 1 aromatic heterocycles. The van der Waals surface area contributed by atoms with Gasteiger partial charge in [-0.2, -0.15) is 0 Å². The van der Waals surface area contributed by atoms with Gasteiger partial charge in [0.05, 0.1) is 21.4 Å². The highest BCUT2D eigenvalue weighted by Gasteiger charge is 2.17. The SMILES string of the molecule is Cc1cc(OC(=O)c2ccc3c(=O)n4c(nc3c2)CCCCCC4)ccc1[N+](=O)[O-]. The van der Waals surface area contributed by atoms with Gasteiger partial charge in [-0.15, -0.1) is 0 Å². The smallest absolute Gasteiger partial charge is 0.343 e. The normalized spacial score (nSPS) is 13.9. The van der Waals surface area contributed by atoms with Gasteiger partial charge in [-0.05, 0) is 50.1 Å². The van der Waals surface area contributed by atoms with E-state index in [1.807, 2.05) is 0 Å². The summed E-state index contributed by atoms with van der Waals surface area (Å²) in [5, 5.41) is 11.4. The Labute approximate surface area is 172 Å². The molecule has 154 valence electrons. The molecule has 3 aromatic rings. The standard InChI is InChI=1S/C22H21N3O5/c1-14-12-16(8-10-19(14)25(28)29)30-22(27)15-7-9-17-18(13-15)23-20-6-4-2-3-5-11-24(20)21(17)26/h7-10,12-13H,2-6,11H2,1H3. The van der Waals surface area contributed by atoms with Gasteiger partial charge in [0.2, 0.25) is 0 Å². The van der Waals surface area contributed by atoms with Crippen molar-refractivity contribution in [1.82, 2.24) is 9.55 Å². The van der Waals surface area contributed by atoms with Crippen LogP contribution in [0, 0.1) is 17.0 Å². The lowest BCUT2D eigenvalue weighted by atomic mass is 10.1. The van der Waals surface area contributed by atoms with Gasteiger partial charge in [0.25, 0.3) is 11.2 Å². The Balaban J connectivity index is 1.65. The van der Waals surface area contributed by atoms with Crippen molar-refractivity contribution in [2.45, 2.75) is 45.6 Å². The number of fused-ring (bicyclic) bond motifs is 2. The maximum absolute atomic E-state index is 12.9. The predicted molar refractivity (Wildman–Crippen MR) is 111 cm³/mol. The van der Waals surface area contributed by atoms with E-state index in [0.29, 0.717) is 23.0 Å². The summed E-state index contributed by atoms with van der Waals surface area (Å²) < 4.78 is 7.12. The van der Waals surface area contributed by atoms with E-state index in [1.54, 1.807) is 29.7 Å². The molecular weight excluding hydrogens is 386 g/mol. The maximum Gasteiger partial charge on any atom is 0.343 e. The van der Waals surface area contributed by atoms with E-state index in [0.717, 1.165) is 37.9 Å². The van der Waals surface area contributed by atoms with Crippen LogP contribution in [0.1, 0.15) is 47.4 Å². The molecule has 0 saturated heterocycles. The van der Waals surface area contributed by atoms with Crippen LogP contribution in [-0.2, 0) is 13.0 Å². The maximum atomic E-state index is 12.9. The summed E-state index contributed by atoms with van der Waals surface area (Å²) in [7, 11) is 0. The molecule has 8 nitrogen and oxygen atoms in total. The zero-order valence-electron chi connectivity index (χ0n) is 16.6. The van der Waals surface area contributed by atoms with Gasteiger partial charge in [0.15, 0.2) is 0 Å². The minimum absolute atomic E-state index is 0.0401. The number of esters is 1. The first kappa shape index (κ1) is 19.8. The third-order valence-corrected chi connectivity index (χ3v) is 5.38. The molecule has 30 heavy (non-hydrogen) atoms. The lowest BCUT2D eigenvalue weighted by Gasteiger charge is -2.16. The van der Waals surface area contributed by atoms with Crippen molar-refractivity contribution >= 4 is 22.6 Å². The van der Waals surface area contributed by atoms with Crippen molar-refractivity contribution in [3.8, 4) is 5.75 Å². The number of nitro benzene ring substituents is 1. The Bertz CT molecular complexity index is 1220. The molecule has 1 aliphatic heterocycles. The van der Waals surface area contributed by atoms with Crippen LogP contribution in [0.5, 0.6) is 5.75 Å². The van der Waals surface area contributed by atoms with Crippen LogP contribution in [0.15, 0.2) is 41.2 Å². The number of carbonyl (C=O) groups is 1. The van der Waals surface area contributed by atoms with E-state index in [1.165, 1.54) is 18.2 Å². The molecule has 8 heteroatoms. The molecule has 0 saturated carbocycles. The van der Waals surface area contributed by atoms with Gasteiger partial charge in [-0.3, -0.25) is 19.5 Å². The van der Waals surface area contributed by atoms with E-state index < -0.39 is 10.9 Å². The van der Waals surface area contributed by atoms with Crippen LogP contribution < -0.4 is 10.3 Å². The number of hydrogen-bond acceptors (Lipinski definition) is 6. The van der Waals surface area contributed by atoms with Crippen molar-refractivity contribution < 1.29 is 14.5 Å². The second-order valence-corrected chi connectivity index (χ2v) is 7.48. The van der Waals surface area contributed by atoms with Crippen LogP contribution in [0.3, 0.4) is 0 Å². The number of rotatable bonds is 3. The molecule has 0 atom stereocenters. The summed E-state index contributed by atoms with van der Waals surface area (Å²) in [6.45, 7) is 2.25. The molecule has 0 N–H and O–H groups in total. The molecular formula is C22H21N3O5. The van der Waals surface area contributed by atoms with Gasteiger partial charge in [-0.25, -0.2) is 9.78 Å². The predicted octanol–water partition coefficient (Wildman–Crippen LogP) is 3.95. The molecule has 0 spiro atoms. The van der Waals surface area contributed by atoms with Crippen LogP contribution in [-0.4, -0.2) is 20.4 Å². The van der Waals surface area contributed by atoms with Gasteiger partial charge in [-0.1, -0.05) is 12.8 Å². The highest BCUT2D eigenvalue weighted by atomic mass is 16.6. The number of aromatic nitrogens is 2. The Morgan fingerprint density at radius 1 is 1.13 bits per heavy atom. The largest absolute Gasteiger partial charge is 0.423 e. The second kappa shape index (κ2) is 8.06. The lowest BCUT2D eigenvalue weighted by molar-refractivity contribution is -0.385. The average molecular weight is 407 g/mol. The van der Waals surface area contributed by atoms with Crippen molar-refractivity contribution in [1.29, 1.82) is 0 Å². The van der Waals surface area contributed by atoms with Gasteiger partial charge < -0.3 is 4.74 Å². The first-order valence-electron chi connectivity index (χ1n) is 9.95. The number of nitro groups is 1. The summed E-state index contributed by atoms with van der Waals surface area (Å²) >= 11 is 0. The summed E-state index contributed by atoms with van der Waals surface area (Å²) in [6, 6.07) is 8.86. The topological polar surface area (TPSA) is 104 Å². The Hall–Kier alpha value is -3.55. The molecule has 0 aliphatic carbocycles. The Kier molecular flexibility index (Phi) is 5.31. The first-order chi connectivity index (χ1) is 14.4. The fourth-order valence-corrected chi connectivity index (χ4v) is 3.78. The molecule has 0 fully saturated rings. The Morgan fingerprint density at radius 2 is 1.93 bits per heavy atom. The van der Waals surface area contributed by atoms with Crippen molar-refractivity contribution in [2.75, 3.05) is 0 Å². The van der Waals surface area contributed by atoms with Crippen LogP contribution in [0.25, 0.3) is 10.9 Å². The average Bonchev–Trinajstić information content (AvgIpc) is 2.69. The summed E-state index contributed by atoms with van der Waals surface area (Å²) in [4.78, 5) is 40.6. The van der Waals surface area contributed by atoms with Gasteiger partial charge in [0.1, 0.15) is 11.6 Å². The number of benzene rings is 2. The van der Waals surface area contributed by atoms with E-state index in [-0.39, 0.29) is 22.6 Å². The van der Waals surface area contributed by atoms with Crippen molar-refractivity contribution in [2.24, 2.45) is 0 Å². The van der Waals surface area contributed by atoms with Crippen LogP contribution in [0.2, 0.25) is 0 Å². The van der Waals surface area contributed by atoms with Crippen molar-refractivity contribution in [3.63, 3.8) is 0 Å². The summed E-state index contributed by atoms with van der Waals surface area (Å²) in [5.74, 6) is 0.358. The molecule has 4 rings (SSSR count). The number of ether oxygens (including phenoxy) is 1. The second-order valence-electron chi connectivity index (χ2n) is 7.48. The monoisotopic (exact) mass is 407 g/mol. The zero-order chi connectivity index (χ0) is 21.3. The number of carbonyl (C=O) groups excluding carboxylic acids is 1. The van der Waals surface area contributed by atoms with Crippen LogP contribution >= 0.6 is 0 Å². The number of hydrogen-bond donors (Lipinski definition) is 0. The van der Waals surface area contributed by atoms with E-state index in [9.17, 15) is 19.7 Å². The van der Waals surface area contributed by atoms with Crippen molar-refractivity contribution in [3.05, 3.63) is 73.8 Å². The quantitative estimate of drug-likeness (QED) is 0.282. The highest BCUT2D eigenvalue weighted by molar-refractivity contribution is 5.95. The number of nitrogens with zero attached hydrogens (tertiary/aromatic N) is 3. The van der Waals surface area contributed by atoms with E-state index >= 15 is 0 Å². The molecule has 0 unspecified atom stereocenters. The first-order valence-corrected chi connectivity index (χ1v) is 9.95. The summed E-state index contributed by atoms with van der Waals surface area (Å²) in [6.07, 6.45) is 4.91. The molecule has 2 aromatic carbocycles. The van der Waals surface area contributed by atoms with E-state index in [2.05, 4.69) is 4.98 Å². The Morgan fingerprint density at radius 3 is 2.70 bits per heavy atom. The number of aryl methyl sites for hydroxylation is 2. The van der Waals surface area contributed by atoms with Gasteiger partial charge in [0, 0.05) is 24.6 Å². The zero-order valence-corrected chi connectivity index (χ0v) is 16.6. The minimum atomic E-state index is -0.612. The molecule has 0 amide bonds. The highest BCUT2D eigenvalue weighted by Crippen LogP contribution is 2.24. The molecule has 2 heterocycles. The third kappa shape index (κ3) is 3.80.